The van der Waals surface area contributed by atoms with Crippen molar-refractivity contribution in [2.75, 3.05) is 6.61 Å². The minimum absolute atomic E-state index is 0.0873. The molecule has 3 unspecified atom stereocenters. The van der Waals surface area contributed by atoms with Gasteiger partial charge >= 0.3 is 5.97 Å². The Kier molecular flexibility index (Phi) is 43.1. The third-order valence-electron chi connectivity index (χ3n) is 11.7. The molecule has 0 spiro atoms. The summed E-state index contributed by atoms with van der Waals surface area (Å²) >= 11 is 0. The zero-order valence-corrected chi connectivity index (χ0v) is 37.3. The molecule has 328 valence electrons. The molecule has 6 heteroatoms. The number of hydrogen-bond acceptors (Lipinski definition) is 5. The first kappa shape index (κ1) is 53.9. The molecule has 0 aliphatic rings. The number of esters is 1. The van der Waals surface area contributed by atoms with Gasteiger partial charge in [-0.1, -0.05) is 239 Å². The third-order valence-corrected chi connectivity index (χ3v) is 11.7. The van der Waals surface area contributed by atoms with Crippen molar-refractivity contribution in [3.63, 3.8) is 0 Å². The van der Waals surface area contributed by atoms with Crippen molar-refractivity contribution >= 4 is 11.9 Å². The van der Waals surface area contributed by atoms with E-state index in [4.69, 9.17) is 4.74 Å². The molecule has 0 aromatic rings. The molecular weight excluding hydrogens is 683 g/mol. The number of amides is 1. The van der Waals surface area contributed by atoms with Crippen molar-refractivity contribution in [1.82, 2.24) is 5.32 Å². The van der Waals surface area contributed by atoms with Crippen LogP contribution in [0.15, 0.2) is 0 Å². The van der Waals surface area contributed by atoms with Gasteiger partial charge in [0.15, 0.2) is 0 Å². The molecule has 0 aliphatic carbocycles. The molecule has 0 fully saturated rings. The van der Waals surface area contributed by atoms with Gasteiger partial charge < -0.3 is 20.3 Å². The molecule has 3 N–H and O–H groups in total. The lowest BCUT2D eigenvalue weighted by Crippen LogP contribution is -2.46. The molecule has 0 bridgehead atoms. The Bertz CT molecular complexity index is 791. The van der Waals surface area contributed by atoms with Crippen LogP contribution in [0, 0.1) is 0 Å². The number of hydrogen-bond donors (Lipinski definition) is 3. The summed E-state index contributed by atoms with van der Waals surface area (Å²) in [4.78, 5) is 26.0. The van der Waals surface area contributed by atoms with Crippen molar-refractivity contribution in [2.45, 2.75) is 296 Å². The van der Waals surface area contributed by atoms with Crippen molar-refractivity contribution in [3.8, 4) is 0 Å². The van der Waals surface area contributed by atoms with Crippen LogP contribution in [0.1, 0.15) is 278 Å². The summed E-state index contributed by atoms with van der Waals surface area (Å²) in [5, 5.41) is 23.6. The number of aliphatic hydroxyl groups excluding tert-OH is 2. The third kappa shape index (κ3) is 39.5. The highest BCUT2D eigenvalue weighted by Crippen LogP contribution is 2.18. The molecular formula is C49H97NO5. The number of unbranched alkanes of at least 4 members (excludes halogenated alkanes) is 33. The van der Waals surface area contributed by atoms with Gasteiger partial charge in [-0.05, 0) is 25.7 Å². The fraction of sp³-hybridized carbons (Fsp3) is 0.959. The second kappa shape index (κ2) is 44.0. The standard InChI is InChI=1S/C49H97NO5/c1-4-7-10-13-16-19-21-22-23-24-25-27-29-31-34-37-40-45(55-49(54)42-39-36-33-30-26-20-17-14-11-8-5-2)43-48(53)50-46(44-51)47(52)41-38-35-32-28-18-15-12-9-6-3/h45-47,51-52H,4-44H2,1-3H3,(H,50,53). The molecule has 0 aromatic heterocycles. The van der Waals surface area contributed by atoms with E-state index in [2.05, 4.69) is 26.1 Å². The van der Waals surface area contributed by atoms with Crippen LogP contribution >= 0.6 is 0 Å². The topological polar surface area (TPSA) is 95.9 Å². The van der Waals surface area contributed by atoms with E-state index in [9.17, 15) is 19.8 Å². The van der Waals surface area contributed by atoms with Crippen molar-refractivity contribution < 1.29 is 24.5 Å². The predicted molar refractivity (Wildman–Crippen MR) is 237 cm³/mol. The van der Waals surface area contributed by atoms with Gasteiger partial charge in [-0.15, -0.1) is 0 Å². The Morgan fingerprint density at radius 2 is 0.764 bits per heavy atom. The summed E-state index contributed by atoms with van der Waals surface area (Å²) < 4.78 is 5.92. The van der Waals surface area contributed by atoms with Crippen LogP contribution in [0.5, 0.6) is 0 Å². The van der Waals surface area contributed by atoms with Crippen molar-refractivity contribution in [1.29, 1.82) is 0 Å². The zero-order valence-electron chi connectivity index (χ0n) is 37.3. The van der Waals surface area contributed by atoms with E-state index in [1.54, 1.807) is 0 Å². The second-order valence-corrected chi connectivity index (χ2v) is 17.2. The number of ether oxygens (including phenoxy) is 1. The SMILES string of the molecule is CCCCCCCCCCCCCCCCCCC(CC(=O)NC(CO)C(O)CCCCCCCCCCC)OC(=O)CCCCCCCCCCCCC. The summed E-state index contributed by atoms with van der Waals surface area (Å²) in [6.45, 7) is 6.48. The summed E-state index contributed by atoms with van der Waals surface area (Å²) in [7, 11) is 0. The van der Waals surface area contributed by atoms with Gasteiger partial charge in [0.05, 0.1) is 25.2 Å². The fourth-order valence-electron chi connectivity index (χ4n) is 7.90. The van der Waals surface area contributed by atoms with Crippen LogP contribution < -0.4 is 5.32 Å². The normalized spacial score (nSPS) is 13.2. The summed E-state index contributed by atoms with van der Waals surface area (Å²) in [5.41, 5.74) is 0. The van der Waals surface area contributed by atoms with E-state index in [1.165, 1.54) is 186 Å². The van der Waals surface area contributed by atoms with E-state index >= 15 is 0 Å². The van der Waals surface area contributed by atoms with Crippen LogP contribution in [0.3, 0.4) is 0 Å². The van der Waals surface area contributed by atoms with Crippen molar-refractivity contribution in [2.24, 2.45) is 0 Å². The average Bonchev–Trinajstić information content (AvgIpc) is 3.18. The van der Waals surface area contributed by atoms with Gasteiger partial charge in [-0.3, -0.25) is 9.59 Å². The van der Waals surface area contributed by atoms with Gasteiger partial charge in [0, 0.05) is 6.42 Å². The Morgan fingerprint density at radius 1 is 0.455 bits per heavy atom. The van der Waals surface area contributed by atoms with E-state index in [-0.39, 0.29) is 24.9 Å². The Balaban J connectivity index is 4.51. The molecule has 0 saturated carbocycles. The Hall–Kier alpha value is -1.14. The van der Waals surface area contributed by atoms with Crippen LogP contribution in [0.2, 0.25) is 0 Å². The minimum atomic E-state index is -0.777. The molecule has 0 aromatic carbocycles. The van der Waals surface area contributed by atoms with E-state index < -0.39 is 18.2 Å². The molecule has 3 atom stereocenters. The quantitative estimate of drug-likeness (QED) is 0.0422. The maximum atomic E-state index is 13.1. The fourth-order valence-corrected chi connectivity index (χ4v) is 7.90. The predicted octanol–water partition coefficient (Wildman–Crippen LogP) is 14.4. The number of rotatable bonds is 45. The lowest BCUT2D eigenvalue weighted by Gasteiger charge is -2.24. The van der Waals surface area contributed by atoms with Gasteiger partial charge in [-0.2, -0.15) is 0 Å². The van der Waals surface area contributed by atoms with Gasteiger partial charge in [0.25, 0.3) is 0 Å². The highest BCUT2D eigenvalue weighted by atomic mass is 16.5. The second-order valence-electron chi connectivity index (χ2n) is 17.2. The molecule has 1 amide bonds. The smallest absolute Gasteiger partial charge is 0.306 e. The first-order valence-electron chi connectivity index (χ1n) is 24.8. The van der Waals surface area contributed by atoms with Gasteiger partial charge in [-0.25, -0.2) is 0 Å². The van der Waals surface area contributed by atoms with Crippen molar-refractivity contribution in [3.05, 3.63) is 0 Å². The molecule has 0 rings (SSSR count). The van der Waals surface area contributed by atoms with Crippen LogP contribution in [0.4, 0.5) is 0 Å². The molecule has 0 aliphatic heterocycles. The largest absolute Gasteiger partial charge is 0.462 e. The number of nitrogens with one attached hydrogen (secondary N) is 1. The van der Waals surface area contributed by atoms with E-state index in [1.807, 2.05) is 0 Å². The van der Waals surface area contributed by atoms with Crippen LogP contribution in [0.25, 0.3) is 0 Å². The monoisotopic (exact) mass is 780 g/mol. The molecule has 55 heavy (non-hydrogen) atoms. The minimum Gasteiger partial charge on any atom is -0.462 e. The van der Waals surface area contributed by atoms with Gasteiger partial charge in [0.1, 0.15) is 6.10 Å². The van der Waals surface area contributed by atoms with Crippen LogP contribution in [-0.4, -0.2) is 46.9 Å². The maximum absolute atomic E-state index is 13.1. The first-order valence-corrected chi connectivity index (χ1v) is 24.8. The molecule has 0 radical (unpaired) electrons. The zero-order chi connectivity index (χ0) is 40.3. The van der Waals surface area contributed by atoms with E-state index in [0.29, 0.717) is 19.3 Å². The number of carbonyl (C=O) groups excluding carboxylic acids is 2. The highest BCUT2D eigenvalue weighted by molar-refractivity contribution is 5.77. The first-order chi connectivity index (χ1) is 27.0. The lowest BCUT2D eigenvalue weighted by atomic mass is 10.0. The van der Waals surface area contributed by atoms with Crippen LogP contribution in [-0.2, 0) is 14.3 Å². The van der Waals surface area contributed by atoms with E-state index in [0.717, 1.165) is 44.9 Å². The summed E-state index contributed by atoms with van der Waals surface area (Å²) in [6.07, 6.45) is 45.9. The number of aliphatic hydroxyl groups is 2. The maximum Gasteiger partial charge on any atom is 0.306 e. The lowest BCUT2D eigenvalue weighted by molar-refractivity contribution is -0.151. The van der Waals surface area contributed by atoms with Gasteiger partial charge in [0.2, 0.25) is 5.91 Å². The average molecular weight is 780 g/mol. The highest BCUT2D eigenvalue weighted by Gasteiger charge is 2.24. The Labute approximate surface area is 343 Å². The number of carbonyl (C=O) groups is 2. The molecule has 0 heterocycles. The Morgan fingerprint density at radius 3 is 1.11 bits per heavy atom. The summed E-state index contributed by atoms with van der Waals surface area (Å²) in [6, 6.07) is -0.690. The molecule has 6 nitrogen and oxygen atoms in total. The summed E-state index contributed by atoms with van der Waals surface area (Å²) in [5.74, 6) is -0.455. The molecule has 0 saturated heterocycles.